The van der Waals surface area contributed by atoms with Crippen molar-refractivity contribution in [1.82, 2.24) is 4.90 Å². The molecule has 0 saturated heterocycles. The highest BCUT2D eigenvalue weighted by Gasteiger charge is 2.20. The lowest BCUT2D eigenvalue weighted by Crippen LogP contribution is -2.40. The minimum atomic E-state index is -0.799. The van der Waals surface area contributed by atoms with Crippen molar-refractivity contribution in [3.63, 3.8) is 0 Å². The Morgan fingerprint density at radius 3 is 2.50 bits per heavy atom. The quantitative estimate of drug-likeness (QED) is 0.733. The van der Waals surface area contributed by atoms with Gasteiger partial charge in [-0.2, -0.15) is 0 Å². The molecule has 4 heteroatoms. The average Bonchev–Trinajstić information content (AvgIpc) is 2.36. The predicted octanol–water partition coefficient (Wildman–Crippen LogP) is 1.39. The van der Waals surface area contributed by atoms with Gasteiger partial charge in [0.15, 0.2) is 0 Å². The van der Waals surface area contributed by atoms with Crippen LogP contribution in [0.5, 0.6) is 0 Å². The molecule has 1 unspecified atom stereocenters. The van der Waals surface area contributed by atoms with Gasteiger partial charge < -0.3 is 10.2 Å². The first-order chi connectivity index (χ1) is 8.67. The molecule has 0 aliphatic heterocycles. The molecule has 0 bridgehead atoms. The number of hydrogen-bond donors (Lipinski definition) is 2. The topological polar surface area (TPSA) is 60.8 Å². The Hall–Kier alpha value is -1.39. The third-order valence-corrected chi connectivity index (χ3v) is 3.03. The number of carboxylic acids is 1. The second-order valence-corrected chi connectivity index (χ2v) is 4.29. The Morgan fingerprint density at radius 1 is 1.33 bits per heavy atom. The minimum Gasteiger partial charge on any atom is -0.481 e. The van der Waals surface area contributed by atoms with Crippen LogP contribution >= 0.6 is 0 Å². The van der Waals surface area contributed by atoms with Crippen LogP contribution in [0.15, 0.2) is 30.3 Å². The molecule has 100 valence electrons. The summed E-state index contributed by atoms with van der Waals surface area (Å²) < 4.78 is 0. The molecule has 0 aliphatic rings. The molecule has 0 spiro atoms. The van der Waals surface area contributed by atoms with Crippen LogP contribution in [0.2, 0.25) is 0 Å². The third kappa shape index (κ3) is 4.85. The zero-order valence-corrected chi connectivity index (χ0v) is 10.7. The number of likely N-dealkylation sites (N-methyl/N-ethyl adjacent to an activating group) is 1. The zero-order chi connectivity index (χ0) is 13.4. The molecule has 0 aliphatic carbocycles. The smallest absolute Gasteiger partial charge is 0.304 e. The molecule has 0 radical (unpaired) electrons. The maximum absolute atomic E-state index is 10.9. The van der Waals surface area contributed by atoms with Crippen molar-refractivity contribution in [1.29, 1.82) is 0 Å². The van der Waals surface area contributed by atoms with E-state index in [0.717, 1.165) is 12.1 Å². The molecule has 1 aromatic rings. The van der Waals surface area contributed by atoms with Crippen molar-refractivity contribution in [2.24, 2.45) is 0 Å². The predicted molar refractivity (Wildman–Crippen MR) is 70.5 cm³/mol. The van der Waals surface area contributed by atoms with Gasteiger partial charge in [-0.25, -0.2) is 0 Å². The van der Waals surface area contributed by atoms with Crippen LogP contribution in [0.25, 0.3) is 0 Å². The summed E-state index contributed by atoms with van der Waals surface area (Å²) in [5, 5.41) is 18.0. The molecule has 1 rings (SSSR count). The van der Waals surface area contributed by atoms with Gasteiger partial charge in [-0.3, -0.25) is 9.69 Å². The molecule has 0 aromatic heterocycles. The van der Waals surface area contributed by atoms with Gasteiger partial charge in [0.1, 0.15) is 0 Å². The van der Waals surface area contributed by atoms with Crippen molar-refractivity contribution in [2.45, 2.75) is 25.8 Å². The molecule has 1 atom stereocenters. The summed E-state index contributed by atoms with van der Waals surface area (Å²) in [6.07, 6.45) is 0.795. The Labute approximate surface area is 108 Å². The van der Waals surface area contributed by atoms with Crippen LogP contribution in [-0.2, 0) is 11.2 Å². The molecule has 0 fully saturated rings. The number of aliphatic carboxylic acids is 1. The number of hydrogen-bond acceptors (Lipinski definition) is 3. The molecule has 0 saturated carbocycles. The zero-order valence-electron chi connectivity index (χ0n) is 10.7. The number of carbonyl (C=O) groups is 1. The highest BCUT2D eigenvalue weighted by atomic mass is 16.4. The van der Waals surface area contributed by atoms with E-state index >= 15 is 0 Å². The third-order valence-electron chi connectivity index (χ3n) is 3.03. The maximum Gasteiger partial charge on any atom is 0.304 e. The number of rotatable bonds is 8. The van der Waals surface area contributed by atoms with Crippen LogP contribution in [0.3, 0.4) is 0 Å². The van der Waals surface area contributed by atoms with E-state index in [1.165, 1.54) is 0 Å². The van der Waals surface area contributed by atoms with Crippen LogP contribution in [-0.4, -0.2) is 46.8 Å². The first-order valence-electron chi connectivity index (χ1n) is 6.28. The largest absolute Gasteiger partial charge is 0.481 e. The molecular formula is C14H21NO3. The Bertz CT molecular complexity index is 353. The fourth-order valence-electron chi connectivity index (χ4n) is 2.15. The first-order valence-corrected chi connectivity index (χ1v) is 6.28. The standard InChI is InChI=1S/C14H21NO3/c1-2-15(8-9-16)13(11-14(17)18)10-12-6-4-3-5-7-12/h3-7,13,16H,2,8-11H2,1H3,(H,17,18). The Balaban J connectivity index is 2.73. The summed E-state index contributed by atoms with van der Waals surface area (Å²) in [7, 11) is 0. The fourth-order valence-corrected chi connectivity index (χ4v) is 2.15. The lowest BCUT2D eigenvalue weighted by Gasteiger charge is -2.29. The molecule has 0 heterocycles. The van der Waals surface area contributed by atoms with Gasteiger partial charge in [0.25, 0.3) is 0 Å². The summed E-state index contributed by atoms with van der Waals surface area (Å²) >= 11 is 0. The van der Waals surface area contributed by atoms with E-state index in [1.54, 1.807) is 0 Å². The number of nitrogens with zero attached hydrogens (tertiary/aromatic N) is 1. The van der Waals surface area contributed by atoms with Crippen LogP contribution < -0.4 is 0 Å². The monoisotopic (exact) mass is 251 g/mol. The fraction of sp³-hybridized carbons (Fsp3) is 0.500. The van der Waals surface area contributed by atoms with Crippen molar-refractivity contribution >= 4 is 5.97 Å². The van der Waals surface area contributed by atoms with E-state index in [4.69, 9.17) is 10.2 Å². The highest BCUT2D eigenvalue weighted by Crippen LogP contribution is 2.12. The lowest BCUT2D eigenvalue weighted by molar-refractivity contribution is -0.138. The van der Waals surface area contributed by atoms with Gasteiger partial charge >= 0.3 is 5.97 Å². The van der Waals surface area contributed by atoms with E-state index < -0.39 is 5.97 Å². The van der Waals surface area contributed by atoms with E-state index in [1.807, 2.05) is 42.2 Å². The SMILES string of the molecule is CCN(CCO)C(CC(=O)O)Cc1ccccc1. The normalized spacial score (nSPS) is 12.6. The summed E-state index contributed by atoms with van der Waals surface area (Å²) in [6, 6.07) is 9.79. The minimum absolute atomic E-state index is 0.0543. The number of carboxylic acid groups (broad SMARTS) is 1. The number of aliphatic hydroxyl groups is 1. The van der Waals surface area contributed by atoms with E-state index in [2.05, 4.69) is 0 Å². The molecule has 1 aromatic carbocycles. The van der Waals surface area contributed by atoms with Gasteiger partial charge in [-0.05, 0) is 18.5 Å². The molecular weight excluding hydrogens is 230 g/mol. The average molecular weight is 251 g/mol. The van der Waals surface area contributed by atoms with Gasteiger partial charge in [0, 0.05) is 12.6 Å². The van der Waals surface area contributed by atoms with Crippen LogP contribution in [0.4, 0.5) is 0 Å². The Kier molecular flexibility index (Phi) is 6.39. The molecule has 18 heavy (non-hydrogen) atoms. The summed E-state index contributed by atoms with van der Waals surface area (Å²) in [5.74, 6) is -0.799. The number of benzene rings is 1. The van der Waals surface area contributed by atoms with Gasteiger partial charge in [0.05, 0.1) is 13.0 Å². The van der Waals surface area contributed by atoms with E-state index in [0.29, 0.717) is 13.0 Å². The summed E-state index contributed by atoms with van der Waals surface area (Å²) in [6.45, 7) is 3.29. The maximum atomic E-state index is 10.9. The van der Waals surface area contributed by atoms with E-state index in [-0.39, 0.29) is 19.1 Å². The van der Waals surface area contributed by atoms with Crippen molar-refractivity contribution in [2.75, 3.05) is 19.7 Å². The van der Waals surface area contributed by atoms with Gasteiger partial charge in [-0.1, -0.05) is 37.3 Å². The van der Waals surface area contributed by atoms with E-state index in [9.17, 15) is 4.79 Å². The van der Waals surface area contributed by atoms with Gasteiger partial charge in [-0.15, -0.1) is 0 Å². The second kappa shape index (κ2) is 7.84. The summed E-state index contributed by atoms with van der Waals surface area (Å²) in [5.41, 5.74) is 1.13. The van der Waals surface area contributed by atoms with Crippen LogP contribution in [0.1, 0.15) is 18.9 Å². The highest BCUT2D eigenvalue weighted by molar-refractivity contribution is 5.67. The molecule has 0 amide bonds. The lowest BCUT2D eigenvalue weighted by atomic mass is 10.0. The van der Waals surface area contributed by atoms with Crippen LogP contribution in [0, 0.1) is 0 Å². The van der Waals surface area contributed by atoms with Crippen molar-refractivity contribution in [3.05, 3.63) is 35.9 Å². The van der Waals surface area contributed by atoms with Crippen molar-refractivity contribution in [3.8, 4) is 0 Å². The van der Waals surface area contributed by atoms with Gasteiger partial charge in [0.2, 0.25) is 0 Å². The first kappa shape index (κ1) is 14.7. The number of aliphatic hydroxyl groups excluding tert-OH is 1. The van der Waals surface area contributed by atoms with Crippen molar-refractivity contribution < 1.29 is 15.0 Å². The molecule has 4 nitrogen and oxygen atoms in total. The Morgan fingerprint density at radius 2 is 2.00 bits per heavy atom. The molecule has 2 N–H and O–H groups in total. The summed E-state index contributed by atoms with van der Waals surface area (Å²) in [4.78, 5) is 13.0. The second-order valence-electron chi connectivity index (χ2n) is 4.29.